The summed E-state index contributed by atoms with van der Waals surface area (Å²) in [6, 6.07) is 9.47. The van der Waals surface area contributed by atoms with Gasteiger partial charge in [0.1, 0.15) is 0 Å². The molecule has 0 spiro atoms. The van der Waals surface area contributed by atoms with Gasteiger partial charge in [-0.2, -0.15) is 0 Å². The minimum Gasteiger partial charge on any atom is -0.318 e. The number of nitro groups is 1. The van der Waals surface area contributed by atoms with Gasteiger partial charge in [-0.1, -0.05) is 6.07 Å². The first-order chi connectivity index (χ1) is 11.3. The number of hydrogen-bond acceptors (Lipinski definition) is 4. The smallest absolute Gasteiger partial charge is 0.314 e. The van der Waals surface area contributed by atoms with Gasteiger partial charge in [-0.25, -0.2) is 0 Å². The van der Waals surface area contributed by atoms with Gasteiger partial charge in [0.15, 0.2) is 0 Å². The Balaban J connectivity index is 2.09. The van der Waals surface area contributed by atoms with E-state index >= 15 is 0 Å². The zero-order chi connectivity index (χ0) is 17.9. The molecule has 2 N–H and O–H groups in total. The molecule has 24 heavy (non-hydrogen) atoms. The van der Waals surface area contributed by atoms with E-state index < -0.39 is 16.7 Å². The molecule has 0 bridgehead atoms. The summed E-state index contributed by atoms with van der Waals surface area (Å²) in [5, 5.41) is 15.7. The lowest BCUT2D eigenvalue weighted by Crippen LogP contribution is -2.29. The lowest BCUT2D eigenvalue weighted by Gasteiger charge is -2.09. The van der Waals surface area contributed by atoms with Gasteiger partial charge in [0.2, 0.25) is 0 Å². The maximum atomic E-state index is 12.0. The molecule has 124 valence electrons. The van der Waals surface area contributed by atoms with Crippen LogP contribution in [-0.2, 0) is 9.59 Å². The van der Waals surface area contributed by atoms with Crippen molar-refractivity contribution < 1.29 is 14.5 Å². The van der Waals surface area contributed by atoms with Crippen molar-refractivity contribution in [3.05, 3.63) is 63.2 Å². The van der Waals surface area contributed by atoms with Crippen molar-refractivity contribution >= 4 is 28.9 Å². The van der Waals surface area contributed by atoms with E-state index in [9.17, 15) is 19.7 Å². The number of nitrogens with one attached hydrogen (secondary N) is 2. The molecule has 0 atom stereocenters. The van der Waals surface area contributed by atoms with Crippen LogP contribution in [0.3, 0.4) is 0 Å². The van der Waals surface area contributed by atoms with Crippen molar-refractivity contribution in [3.8, 4) is 0 Å². The van der Waals surface area contributed by atoms with Crippen molar-refractivity contribution in [2.75, 3.05) is 10.6 Å². The van der Waals surface area contributed by atoms with Crippen LogP contribution in [0.4, 0.5) is 17.1 Å². The third-order valence-electron chi connectivity index (χ3n) is 3.35. The quantitative estimate of drug-likeness (QED) is 0.514. The van der Waals surface area contributed by atoms with Crippen LogP contribution < -0.4 is 10.6 Å². The van der Waals surface area contributed by atoms with Gasteiger partial charge in [0.25, 0.3) is 5.69 Å². The Hall–Kier alpha value is -3.22. The van der Waals surface area contributed by atoms with E-state index in [1.54, 1.807) is 19.1 Å². The molecule has 0 heterocycles. The Morgan fingerprint density at radius 3 is 2.04 bits per heavy atom. The summed E-state index contributed by atoms with van der Waals surface area (Å²) in [6.45, 7) is 5.40. The minimum atomic E-state index is -0.842. The predicted octanol–water partition coefficient (Wildman–Crippen LogP) is 3.10. The molecular formula is C17H17N3O4. The zero-order valence-corrected chi connectivity index (χ0v) is 13.5. The van der Waals surface area contributed by atoms with E-state index in [0.29, 0.717) is 16.9 Å². The molecule has 0 aliphatic heterocycles. The lowest BCUT2D eigenvalue weighted by atomic mass is 10.1. The first kappa shape index (κ1) is 17.1. The van der Waals surface area contributed by atoms with Crippen LogP contribution >= 0.6 is 0 Å². The van der Waals surface area contributed by atoms with Gasteiger partial charge < -0.3 is 10.6 Å². The van der Waals surface area contributed by atoms with Crippen molar-refractivity contribution in [1.29, 1.82) is 0 Å². The van der Waals surface area contributed by atoms with Crippen molar-refractivity contribution in [2.24, 2.45) is 0 Å². The zero-order valence-electron chi connectivity index (χ0n) is 13.5. The van der Waals surface area contributed by atoms with Crippen LogP contribution in [0, 0.1) is 30.9 Å². The Kier molecular flexibility index (Phi) is 4.93. The van der Waals surface area contributed by atoms with Crippen LogP contribution in [0.25, 0.3) is 0 Å². The number of aryl methyl sites for hydroxylation is 3. The highest BCUT2D eigenvalue weighted by Gasteiger charge is 2.16. The van der Waals surface area contributed by atoms with Crippen LogP contribution in [0.5, 0.6) is 0 Å². The van der Waals surface area contributed by atoms with E-state index in [1.165, 1.54) is 18.2 Å². The number of anilines is 2. The lowest BCUT2D eigenvalue weighted by molar-refractivity contribution is -0.384. The maximum absolute atomic E-state index is 12.0. The molecule has 0 aliphatic carbocycles. The highest BCUT2D eigenvalue weighted by atomic mass is 16.6. The molecule has 0 unspecified atom stereocenters. The SMILES string of the molecule is Cc1cc(C)cc(NC(=O)C(=O)Nc2ccc([N+](=O)[O-])cc2C)c1. The topological polar surface area (TPSA) is 101 Å². The third kappa shape index (κ3) is 4.16. The molecule has 0 radical (unpaired) electrons. The number of hydrogen-bond donors (Lipinski definition) is 2. The third-order valence-corrected chi connectivity index (χ3v) is 3.35. The number of benzene rings is 2. The van der Waals surface area contributed by atoms with E-state index in [1.807, 2.05) is 19.9 Å². The van der Waals surface area contributed by atoms with Gasteiger partial charge in [-0.05, 0) is 55.7 Å². The predicted molar refractivity (Wildman–Crippen MR) is 91.0 cm³/mol. The normalized spacial score (nSPS) is 10.1. The van der Waals surface area contributed by atoms with Crippen LogP contribution in [0.1, 0.15) is 16.7 Å². The Morgan fingerprint density at radius 1 is 0.917 bits per heavy atom. The monoisotopic (exact) mass is 327 g/mol. The van der Waals surface area contributed by atoms with Crippen molar-refractivity contribution in [1.82, 2.24) is 0 Å². The maximum Gasteiger partial charge on any atom is 0.314 e. The molecule has 0 fully saturated rings. The van der Waals surface area contributed by atoms with Gasteiger partial charge in [-0.3, -0.25) is 19.7 Å². The van der Waals surface area contributed by atoms with Crippen molar-refractivity contribution in [3.63, 3.8) is 0 Å². The molecular weight excluding hydrogens is 310 g/mol. The van der Waals surface area contributed by atoms with E-state index in [4.69, 9.17) is 0 Å². The Labute approximate surface area is 138 Å². The van der Waals surface area contributed by atoms with Gasteiger partial charge >= 0.3 is 11.8 Å². The summed E-state index contributed by atoms with van der Waals surface area (Å²) in [6.07, 6.45) is 0. The molecule has 0 aromatic heterocycles. The number of rotatable bonds is 3. The molecule has 2 aromatic carbocycles. The number of non-ortho nitro benzene ring substituents is 1. The summed E-state index contributed by atoms with van der Waals surface area (Å²) in [4.78, 5) is 34.2. The molecule has 0 saturated heterocycles. The molecule has 2 aromatic rings. The molecule has 2 amide bonds. The van der Waals surface area contributed by atoms with E-state index in [0.717, 1.165) is 11.1 Å². The van der Waals surface area contributed by atoms with Crippen LogP contribution in [0.15, 0.2) is 36.4 Å². The number of carbonyl (C=O) groups is 2. The molecule has 7 nitrogen and oxygen atoms in total. The largest absolute Gasteiger partial charge is 0.318 e. The van der Waals surface area contributed by atoms with Gasteiger partial charge in [0.05, 0.1) is 4.92 Å². The van der Waals surface area contributed by atoms with E-state index in [-0.39, 0.29) is 5.69 Å². The second-order valence-corrected chi connectivity index (χ2v) is 5.54. The standard InChI is InChI=1S/C17H17N3O4/c1-10-6-11(2)8-13(7-10)18-16(21)17(22)19-15-5-4-14(20(23)24)9-12(15)3/h4-9H,1-3H3,(H,18,21)(H,19,22). The molecule has 0 saturated carbocycles. The Morgan fingerprint density at radius 2 is 1.50 bits per heavy atom. The first-order valence-corrected chi connectivity index (χ1v) is 7.22. The molecule has 2 rings (SSSR count). The summed E-state index contributed by atoms with van der Waals surface area (Å²) in [7, 11) is 0. The number of nitrogens with zero attached hydrogens (tertiary/aromatic N) is 1. The second kappa shape index (κ2) is 6.91. The molecule has 7 heteroatoms. The second-order valence-electron chi connectivity index (χ2n) is 5.54. The average molecular weight is 327 g/mol. The summed E-state index contributed by atoms with van der Waals surface area (Å²) in [5.74, 6) is -1.65. The fourth-order valence-electron chi connectivity index (χ4n) is 2.32. The number of carbonyl (C=O) groups excluding carboxylic acids is 2. The van der Waals surface area contributed by atoms with Gasteiger partial charge in [0, 0.05) is 23.5 Å². The minimum absolute atomic E-state index is 0.0785. The van der Waals surface area contributed by atoms with Gasteiger partial charge in [-0.15, -0.1) is 0 Å². The Bertz CT molecular complexity index is 810. The summed E-state index contributed by atoms with van der Waals surface area (Å²) < 4.78 is 0. The number of nitro benzene ring substituents is 1. The summed E-state index contributed by atoms with van der Waals surface area (Å²) >= 11 is 0. The summed E-state index contributed by atoms with van der Waals surface area (Å²) in [5.41, 5.74) is 3.24. The fraction of sp³-hybridized carbons (Fsp3) is 0.176. The first-order valence-electron chi connectivity index (χ1n) is 7.22. The highest BCUT2D eigenvalue weighted by Crippen LogP contribution is 2.21. The average Bonchev–Trinajstić information content (AvgIpc) is 2.47. The van der Waals surface area contributed by atoms with Crippen molar-refractivity contribution in [2.45, 2.75) is 20.8 Å². The fourth-order valence-corrected chi connectivity index (χ4v) is 2.32. The van der Waals surface area contributed by atoms with Crippen LogP contribution in [-0.4, -0.2) is 16.7 Å². The van der Waals surface area contributed by atoms with Crippen LogP contribution in [0.2, 0.25) is 0 Å². The molecule has 0 aliphatic rings. The highest BCUT2D eigenvalue weighted by molar-refractivity contribution is 6.43. The van der Waals surface area contributed by atoms with E-state index in [2.05, 4.69) is 10.6 Å². The number of amides is 2.